The third kappa shape index (κ3) is 5.45. The van der Waals surface area contributed by atoms with Crippen LogP contribution in [0.1, 0.15) is 44.6 Å². The maximum atomic E-state index is 11.7. The molecule has 0 aliphatic carbocycles. The van der Waals surface area contributed by atoms with Gasteiger partial charge in [0.15, 0.2) is 0 Å². The molecule has 0 spiro atoms. The first kappa shape index (κ1) is 17.0. The van der Waals surface area contributed by atoms with Gasteiger partial charge in [-0.15, -0.1) is 0 Å². The van der Waals surface area contributed by atoms with Gasteiger partial charge < -0.3 is 5.32 Å². The summed E-state index contributed by atoms with van der Waals surface area (Å²) in [6.45, 7) is 2.90. The van der Waals surface area contributed by atoms with Gasteiger partial charge in [-0.25, -0.2) is 0 Å². The molecule has 0 aliphatic heterocycles. The van der Waals surface area contributed by atoms with E-state index in [2.05, 4.69) is 64.6 Å². The van der Waals surface area contributed by atoms with Crippen LogP contribution < -0.4 is 5.32 Å². The molecule has 0 aromatic heterocycles. The molecule has 1 amide bonds. The SMILES string of the molecule is CCCCCCC(=O)NCCc1ccc2cc(Br)ccc2c1. The van der Waals surface area contributed by atoms with Crippen molar-refractivity contribution in [2.45, 2.75) is 45.4 Å². The highest BCUT2D eigenvalue weighted by Gasteiger charge is 2.02. The van der Waals surface area contributed by atoms with Crippen LogP contribution >= 0.6 is 15.9 Å². The molecule has 0 fully saturated rings. The molecule has 0 aliphatic rings. The molecular formula is C19H24BrNO. The molecule has 0 atom stereocenters. The summed E-state index contributed by atoms with van der Waals surface area (Å²) in [6, 6.07) is 12.8. The first-order valence-electron chi connectivity index (χ1n) is 8.14. The number of benzene rings is 2. The molecule has 0 bridgehead atoms. The minimum atomic E-state index is 0.181. The van der Waals surface area contributed by atoms with Crippen molar-refractivity contribution in [1.29, 1.82) is 0 Å². The van der Waals surface area contributed by atoms with Crippen molar-refractivity contribution in [3.63, 3.8) is 0 Å². The Morgan fingerprint density at radius 1 is 1.05 bits per heavy atom. The lowest BCUT2D eigenvalue weighted by Gasteiger charge is -2.07. The minimum Gasteiger partial charge on any atom is -0.356 e. The van der Waals surface area contributed by atoms with Crippen molar-refractivity contribution in [2.24, 2.45) is 0 Å². The summed E-state index contributed by atoms with van der Waals surface area (Å²) in [4.78, 5) is 11.7. The quantitative estimate of drug-likeness (QED) is 0.640. The predicted octanol–water partition coefficient (Wildman–Crippen LogP) is 5.23. The van der Waals surface area contributed by atoms with Crippen LogP contribution in [0.3, 0.4) is 0 Å². The fourth-order valence-electron chi connectivity index (χ4n) is 2.57. The van der Waals surface area contributed by atoms with Crippen LogP contribution in [0, 0.1) is 0 Å². The van der Waals surface area contributed by atoms with Gasteiger partial charge in [-0.1, -0.05) is 66.4 Å². The lowest BCUT2D eigenvalue weighted by atomic mass is 10.1. The maximum absolute atomic E-state index is 11.7. The Morgan fingerprint density at radius 2 is 1.82 bits per heavy atom. The Labute approximate surface area is 141 Å². The molecule has 3 heteroatoms. The molecule has 118 valence electrons. The summed E-state index contributed by atoms with van der Waals surface area (Å²) >= 11 is 3.49. The van der Waals surface area contributed by atoms with Gasteiger partial charge >= 0.3 is 0 Å². The average molecular weight is 362 g/mol. The second kappa shape index (κ2) is 8.94. The van der Waals surface area contributed by atoms with E-state index in [1.165, 1.54) is 29.2 Å². The minimum absolute atomic E-state index is 0.181. The van der Waals surface area contributed by atoms with Gasteiger partial charge in [-0.3, -0.25) is 4.79 Å². The predicted molar refractivity (Wildman–Crippen MR) is 97.1 cm³/mol. The number of unbranched alkanes of at least 4 members (excludes halogenated alkanes) is 3. The summed E-state index contributed by atoms with van der Waals surface area (Å²) in [5, 5.41) is 5.50. The highest BCUT2D eigenvalue weighted by atomic mass is 79.9. The number of hydrogen-bond acceptors (Lipinski definition) is 1. The number of fused-ring (bicyclic) bond motifs is 1. The number of rotatable bonds is 8. The van der Waals surface area contributed by atoms with E-state index in [0.717, 1.165) is 23.7 Å². The molecule has 1 N–H and O–H groups in total. The number of nitrogens with one attached hydrogen (secondary N) is 1. The normalized spacial score (nSPS) is 10.8. The third-order valence-electron chi connectivity index (χ3n) is 3.86. The molecule has 2 nitrogen and oxygen atoms in total. The molecule has 0 saturated carbocycles. The first-order chi connectivity index (χ1) is 10.7. The van der Waals surface area contributed by atoms with Crippen LogP contribution in [0.25, 0.3) is 10.8 Å². The summed E-state index contributed by atoms with van der Waals surface area (Å²) < 4.78 is 1.10. The maximum Gasteiger partial charge on any atom is 0.220 e. The third-order valence-corrected chi connectivity index (χ3v) is 4.35. The van der Waals surface area contributed by atoms with E-state index in [0.29, 0.717) is 13.0 Å². The van der Waals surface area contributed by atoms with Crippen LogP contribution in [0.5, 0.6) is 0 Å². The van der Waals surface area contributed by atoms with E-state index >= 15 is 0 Å². The van der Waals surface area contributed by atoms with Gasteiger partial charge in [0.05, 0.1) is 0 Å². The molecule has 2 rings (SSSR count). The zero-order valence-corrected chi connectivity index (χ0v) is 14.8. The number of halogens is 1. The molecule has 2 aromatic rings. The molecule has 2 aromatic carbocycles. The van der Waals surface area contributed by atoms with E-state index in [4.69, 9.17) is 0 Å². The first-order valence-corrected chi connectivity index (χ1v) is 8.93. The lowest BCUT2D eigenvalue weighted by molar-refractivity contribution is -0.121. The van der Waals surface area contributed by atoms with Crippen LogP contribution in [0.2, 0.25) is 0 Å². The summed E-state index contributed by atoms with van der Waals surface area (Å²) in [6.07, 6.45) is 6.13. The number of amides is 1. The molecule has 0 unspecified atom stereocenters. The van der Waals surface area contributed by atoms with Gasteiger partial charge in [0, 0.05) is 17.4 Å². The monoisotopic (exact) mass is 361 g/mol. The van der Waals surface area contributed by atoms with Crippen LogP contribution in [0.15, 0.2) is 40.9 Å². The highest BCUT2D eigenvalue weighted by molar-refractivity contribution is 9.10. The molecule has 0 heterocycles. The zero-order chi connectivity index (χ0) is 15.8. The largest absolute Gasteiger partial charge is 0.356 e. The summed E-state index contributed by atoms with van der Waals surface area (Å²) in [7, 11) is 0. The standard InChI is InChI=1S/C19H24BrNO/c1-2-3-4-5-6-19(22)21-12-11-15-7-8-17-14-18(20)10-9-16(17)13-15/h7-10,13-14H,2-6,11-12H2,1H3,(H,21,22). The smallest absolute Gasteiger partial charge is 0.220 e. The van der Waals surface area contributed by atoms with E-state index in [9.17, 15) is 4.79 Å². The van der Waals surface area contributed by atoms with Gasteiger partial charge in [0.2, 0.25) is 5.91 Å². The Balaban J connectivity index is 1.77. The van der Waals surface area contributed by atoms with Crippen molar-refractivity contribution in [2.75, 3.05) is 6.54 Å². The van der Waals surface area contributed by atoms with Crippen molar-refractivity contribution in [1.82, 2.24) is 5.32 Å². The number of carbonyl (C=O) groups is 1. The van der Waals surface area contributed by atoms with Crippen molar-refractivity contribution >= 4 is 32.6 Å². The van der Waals surface area contributed by atoms with Gasteiger partial charge in [-0.2, -0.15) is 0 Å². The van der Waals surface area contributed by atoms with E-state index < -0.39 is 0 Å². The van der Waals surface area contributed by atoms with E-state index in [1.54, 1.807) is 0 Å². The van der Waals surface area contributed by atoms with E-state index in [1.807, 2.05) is 0 Å². The fraction of sp³-hybridized carbons (Fsp3) is 0.421. The Bertz CT molecular complexity index is 624. The van der Waals surface area contributed by atoms with Gasteiger partial charge in [0.25, 0.3) is 0 Å². The van der Waals surface area contributed by atoms with Crippen molar-refractivity contribution < 1.29 is 4.79 Å². The topological polar surface area (TPSA) is 29.1 Å². The molecule has 0 saturated heterocycles. The summed E-state index contributed by atoms with van der Waals surface area (Å²) in [5.74, 6) is 0.181. The number of hydrogen-bond donors (Lipinski definition) is 1. The summed E-state index contributed by atoms with van der Waals surface area (Å²) in [5.41, 5.74) is 1.26. The Morgan fingerprint density at radius 3 is 2.64 bits per heavy atom. The molecule has 0 radical (unpaired) electrons. The van der Waals surface area contributed by atoms with E-state index in [-0.39, 0.29) is 5.91 Å². The fourth-order valence-corrected chi connectivity index (χ4v) is 2.95. The average Bonchev–Trinajstić information content (AvgIpc) is 2.52. The Kier molecular flexibility index (Phi) is 6.91. The van der Waals surface area contributed by atoms with Crippen LogP contribution in [0.4, 0.5) is 0 Å². The van der Waals surface area contributed by atoms with Crippen LogP contribution in [-0.4, -0.2) is 12.5 Å². The van der Waals surface area contributed by atoms with Crippen LogP contribution in [-0.2, 0) is 11.2 Å². The lowest BCUT2D eigenvalue weighted by Crippen LogP contribution is -2.25. The highest BCUT2D eigenvalue weighted by Crippen LogP contribution is 2.21. The van der Waals surface area contributed by atoms with Crippen molar-refractivity contribution in [3.8, 4) is 0 Å². The number of carbonyl (C=O) groups excluding carboxylic acids is 1. The molecular weight excluding hydrogens is 338 g/mol. The van der Waals surface area contributed by atoms with Crippen molar-refractivity contribution in [3.05, 3.63) is 46.4 Å². The second-order valence-corrected chi connectivity index (χ2v) is 6.65. The second-order valence-electron chi connectivity index (χ2n) is 5.74. The van der Waals surface area contributed by atoms with Gasteiger partial charge in [0.1, 0.15) is 0 Å². The zero-order valence-electron chi connectivity index (χ0n) is 13.2. The molecule has 22 heavy (non-hydrogen) atoms. The Hall–Kier alpha value is -1.35. The van der Waals surface area contributed by atoms with Gasteiger partial charge in [-0.05, 0) is 41.3 Å².